The molecule has 4 bridgehead atoms. The number of piperazine rings is 1. The van der Waals surface area contributed by atoms with E-state index < -0.39 is 15.7 Å². The van der Waals surface area contributed by atoms with E-state index in [0.717, 1.165) is 24.2 Å². The van der Waals surface area contributed by atoms with Crippen LogP contribution in [0.25, 0.3) is 0 Å². The number of hydrogen-bond acceptors (Lipinski definition) is 7. The minimum atomic E-state index is -3.47. The summed E-state index contributed by atoms with van der Waals surface area (Å²) in [7, 11) is -3.47. The van der Waals surface area contributed by atoms with Gasteiger partial charge in [0.1, 0.15) is 11.5 Å². The van der Waals surface area contributed by atoms with Crippen LogP contribution in [0.15, 0.2) is 35.4 Å². The normalized spacial score (nSPS) is 31.0. The number of anilines is 2. The van der Waals surface area contributed by atoms with Gasteiger partial charge >= 0.3 is 0 Å². The van der Waals surface area contributed by atoms with Gasteiger partial charge in [-0.05, 0) is 87.0 Å². The average Bonchev–Trinajstić information content (AvgIpc) is 2.85. The number of hydrogen-bond donors (Lipinski definition) is 1. The minimum absolute atomic E-state index is 0.0300. The summed E-state index contributed by atoms with van der Waals surface area (Å²) in [5.74, 6) is 2.73. The standard InChI is InChI=1S/C27H34FN5O3S/c1-16-15-32(24-4-3-21(14-22(24)28)37(2,35)36)7-8-33(16)27-29-6-5-23(30-27)26(34)31-25-19-10-17-9-18(12-19)13-20(25)11-17/h3-6,14,16-20,25H,7-13,15H2,1-2H3,(H,31,34). The van der Waals surface area contributed by atoms with Crippen LogP contribution in [0.3, 0.4) is 0 Å². The van der Waals surface area contributed by atoms with Crippen LogP contribution in [0.5, 0.6) is 0 Å². The molecule has 0 radical (unpaired) electrons. The van der Waals surface area contributed by atoms with Crippen molar-refractivity contribution in [2.45, 2.75) is 56.0 Å². The summed E-state index contributed by atoms with van der Waals surface area (Å²) in [6.45, 7) is 3.60. The van der Waals surface area contributed by atoms with Gasteiger partial charge in [0.2, 0.25) is 5.95 Å². The molecule has 4 aliphatic carbocycles. The molecule has 1 atom stereocenters. The van der Waals surface area contributed by atoms with Crippen LogP contribution in [-0.2, 0) is 9.84 Å². The van der Waals surface area contributed by atoms with E-state index in [1.807, 2.05) is 16.7 Å². The summed E-state index contributed by atoms with van der Waals surface area (Å²) in [5.41, 5.74) is 0.763. The Morgan fingerprint density at radius 2 is 1.76 bits per heavy atom. The second kappa shape index (κ2) is 9.22. The molecule has 5 aliphatic rings. The topological polar surface area (TPSA) is 95.5 Å². The molecule has 7 rings (SSSR count). The summed E-state index contributed by atoms with van der Waals surface area (Å²) in [6, 6.07) is 5.94. The second-order valence-electron chi connectivity index (χ2n) is 11.5. The van der Waals surface area contributed by atoms with E-state index in [2.05, 4.69) is 15.3 Å². The predicted molar refractivity (Wildman–Crippen MR) is 139 cm³/mol. The van der Waals surface area contributed by atoms with Crippen LogP contribution in [0, 0.1) is 29.5 Å². The maximum absolute atomic E-state index is 14.8. The fraction of sp³-hybridized carbons (Fsp3) is 0.593. The summed E-state index contributed by atoms with van der Waals surface area (Å²) in [4.78, 5) is 26.2. The minimum Gasteiger partial charge on any atom is -0.365 e. The number of carbonyl (C=O) groups excluding carboxylic acids is 1. The number of rotatable bonds is 5. The van der Waals surface area contributed by atoms with Crippen LogP contribution in [0.2, 0.25) is 0 Å². The number of carbonyl (C=O) groups is 1. The summed E-state index contributed by atoms with van der Waals surface area (Å²) in [5, 5.41) is 3.33. The third kappa shape index (κ3) is 4.69. The molecule has 1 saturated heterocycles. The highest BCUT2D eigenvalue weighted by Gasteiger charge is 2.48. The van der Waals surface area contributed by atoms with Crippen molar-refractivity contribution in [2.24, 2.45) is 23.7 Å². The fourth-order valence-electron chi connectivity index (χ4n) is 7.45. The van der Waals surface area contributed by atoms with Gasteiger partial charge in [0.15, 0.2) is 9.84 Å². The van der Waals surface area contributed by atoms with Gasteiger partial charge in [0.05, 0.1) is 10.6 Å². The van der Waals surface area contributed by atoms with Gasteiger partial charge in [0, 0.05) is 44.2 Å². The molecule has 198 valence electrons. The van der Waals surface area contributed by atoms with Crippen molar-refractivity contribution < 1.29 is 17.6 Å². The fourth-order valence-corrected chi connectivity index (χ4v) is 8.08. The molecule has 1 aliphatic heterocycles. The van der Waals surface area contributed by atoms with E-state index in [4.69, 9.17) is 0 Å². The molecule has 1 unspecified atom stereocenters. The molecule has 1 amide bonds. The Balaban J connectivity index is 1.13. The quantitative estimate of drug-likeness (QED) is 0.638. The monoisotopic (exact) mass is 527 g/mol. The molecule has 2 aromatic rings. The first-order chi connectivity index (χ1) is 17.7. The predicted octanol–water partition coefficient (Wildman–Crippen LogP) is 3.29. The van der Waals surface area contributed by atoms with Crippen molar-refractivity contribution in [2.75, 3.05) is 35.7 Å². The maximum atomic E-state index is 14.8. The second-order valence-corrected chi connectivity index (χ2v) is 13.6. The third-order valence-electron chi connectivity index (χ3n) is 8.97. The molecule has 1 aromatic carbocycles. The molecule has 1 aromatic heterocycles. The van der Waals surface area contributed by atoms with Crippen molar-refractivity contribution in [1.29, 1.82) is 0 Å². The van der Waals surface area contributed by atoms with Gasteiger partial charge in [-0.3, -0.25) is 4.79 Å². The van der Waals surface area contributed by atoms with E-state index in [9.17, 15) is 17.6 Å². The van der Waals surface area contributed by atoms with E-state index in [0.29, 0.717) is 48.8 Å². The SMILES string of the molecule is CC1CN(c2ccc(S(C)(=O)=O)cc2F)CCN1c1nccc(C(=O)NC2C3CC4CC(C3)CC2C4)n1. The van der Waals surface area contributed by atoms with Crippen LogP contribution >= 0.6 is 0 Å². The zero-order valence-electron chi connectivity index (χ0n) is 21.3. The smallest absolute Gasteiger partial charge is 0.270 e. The molecule has 4 saturated carbocycles. The summed E-state index contributed by atoms with van der Waals surface area (Å²) in [6.07, 6.45) is 9.06. The highest BCUT2D eigenvalue weighted by atomic mass is 32.2. The Kier molecular flexibility index (Phi) is 6.12. The number of benzene rings is 1. The lowest BCUT2D eigenvalue weighted by atomic mass is 9.54. The molecule has 1 N–H and O–H groups in total. The van der Waals surface area contributed by atoms with Crippen molar-refractivity contribution in [3.8, 4) is 0 Å². The van der Waals surface area contributed by atoms with E-state index >= 15 is 0 Å². The van der Waals surface area contributed by atoms with E-state index in [-0.39, 0.29) is 22.9 Å². The van der Waals surface area contributed by atoms with Crippen molar-refractivity contribution in [1.82, 2.24) is 15.3 Å². The molecular formula is C27H34FN5O3S. The first-order valence-corrected chi connectivity index (χ1v) is 15.2. The van der Waals surface area contributed by atoms with Gasteiger partial charge in [-0.15, -0.1) is 0 Å². The Labute approximate surface area is 217 Å². The molecule has 5 fully saturated rings. The largest absolute Gasteiger partial charge is 0.365 e. The Morgan fingerprint density at radius 3 is 2.38 bits per heavy atom. The first-order valence-electron chi connectivity index (χ1n) is 13.3. The Hall–Kier alpha value is -2.75. The van der Waals surface area contributed by atoms with Gasteiger partial charge in [-0.25, -0.2) is 22.8 Å². The number of halogens is 1. The summed E-state index contributed by atoms with van der Waals surface area (Å²) < 4.78 is 38.3. The highest BCUT2D eigenvalue weighted by molar-refractivity contribution is 7.90. The molecule has 8 nitrogen and oxygen atoms in total. The van der Waals surface area contributed by atoms with Crippen LogP contribution in [0.4, 0.5) is 16.0 Å². The van der Waals surface area contributed by atoms with Crippen molar-refractivity contribution >= 4 is 27.4 Å². The highest BCUT2D eigenvalue weighted by Crippen LogP contribution is 2.53. The van der Waals surface area contributed by atoms with Crippen LogP contribution in [-0.4, -0.2) is 62.3 Å². The lowest BCUT2D eigenvalue weighted by molar-refractivity contribution is -0.0120. The number of amides is 1. The van der Waals surface area contributed by atoms with Crippen LogP contribution in [0.1, 0.15) is 49.5 Å². The lowest BCUT2D eigenvalue weighted by Gasteiger charge is -2.54. The average molecular weight is 528 g/mol. The zero-order chi connectivity index (χ0) is 25.9. The molecule has 10 heteroatoms. The van der Waals surface area contributed by atoms with Crippen LogP contribution < -0.4 is 15.1 Å². The maximum Gasteiger partial charge on any atom is 0.270 e. The van der Waals surface area contributed by atoms with E-state index in [1.165, 1.54) is 44.2 Å². The molecular weight excluding hydrogens is 493 g/mol. The van der Waals surface area contributed by atoms with Gasteiger partial charge in [-0.1, -0.05) is 0 Å². The number of aromatic nitrogens is 2. The molecule has 2 heterocycles. The van der Waals surface area contributed by atoms with Gasteiger partial charge in [0.25, 0.3) is 5.91 Å². The number of nitrogens with zero attached hydrogens (tertiary/aromatic N) is 4. The first kappa shape index (κ1) is 24.6. The summed E-state index contributed by atoms with van der Waals surface area (Å²) >= 11 is 0. The van der Waals surface area contributed by atoms with Gasteiger partial charge in [-0.2, -0.15) is 0 Å². The molecule has 0 spiro atoms. The third-order valence-corrected chi connectivity index (χ3v) is 10.1. The van der Waals surface area contributed by atoms with Crippen molar-refractivity contribution in [3.63, 3.8) is 0 Å². The Morgan fingerprint density at radius 1 is 1.05 bits per heavy atom. The number of nitrogens with one attached hydrogen (secondary N) is 1. The Bertz CT molecular complexity index is 1290. The van der Waals surface area contributed by atoms with Crippen molar-refractivity contribution in [3.05, 3.63) is 42.0 Å². The lowest BCUT2D eigenvalue weighted by Crippen LogP contribution is -2.56. The molecule has 37 heavy (non-hydrogen) atoms. The van der Waals surface area contributed by atoms with Gasteiger partial charge < -0.3 is 15.1 Å². The zero-order valence-corrected chi connectivity index (χ0v) is 22.1. The number of sulfone groups is 1. The van der Waals surface area contributed by atoms with E-state index in [1.54, 1.807) is 12.3 Å².